The molecule has 2 aromatic carbocycles. The van der Waals surface area contributed by atoms with E-state index >= 15 is 0 Å². The predicted octanol–water partition coefficient (Wildman–Crippen LogP) is 2.37. The van der Waals surface area contributed by atoms with Gasteiger partial charge in [0.1, 0.15) is 0 Å². The van der Waals surface area contributed by atoms with Crippen LogP contribution in [-0.2, 0) is 10.0 Å². The second kappa shape index (κ2) is 7.70. The maximum atomic E-state index is 13.5. The van der Waals surface area contributed by atoms with Gasteiger partial charge in [-0.3, -0.25) is 0 Å². The first-order chi connectivity index (χ1) is 11.4. The molecule has 8 heteroatoms. The van der Waals surface area contributed by atoms with Crippen LogP contribution in [0.1, 0.15) is 11.5 Å². The van der Waals surface area contributed by atoms with Crippen LogP contribution < -0.4 is 10.5 Å². The van der Waals surface area contributed by atoms with Crippen LogP contribution in [0.15, 0.2) is 53.4 Å². The molecule has 1 fully saturated rings. The van der Waals surface area contributed by atoms with Crippen LogP contribution in [0.3, 0.4) is 0 Å². The molecule has 0 unspecified atom stereocenters. The van der Waals surface area contributed by atoms with Crippen molar-refractivity contribution in [3.05, 3.63) is 59.9 Å². The van der Waals surface area contributed by atoms with Crippen molar-refractivity contribution in [2.75, 3.05) is 20.2 Å². The Hall–Kier alpha value is -1.67. The molecule has 25 heavy (non-hydrogen) atoms. The van der Waals surface area contributed by atoms with E-state index in [-0.39, 0.29) is 41.6 Å². The highest BCUT2D eigenvalue weighted by atomic mass is 35.5. The number of nitrogens with two attached hydrogens (primary N) is 1. The third kappa shape index (κ3) is 3.79. The summed E-state index contributed by atoms with van der Waals surface area (Å²) in [6.07, 6.45) is 0. The van der Waals surface area contributed by atoms with Crippen molar-refractivity contribution in [2.45, 2.75) is 16.9 Å². The van der Waals surface area contributed by atoms with E-state index in [1.54, 1.807) is 0 Å². The van der Waals surface area contributed by atoms with Crippen molar-refractivity contribution in [1.82, 2.24) is 4.31 Å². The van der Waals surface area contributed by atoms with E-state index < -0.39 is 15.8 Å². The maximum absolute atomic E-state index is 13.5. The molecular formula is C17H20ClFN2O3S. The van der Waals surface area contributed by atoms with Crippen molar-refractivity contribution in [1.29, 1.82) is 0 Å². The van der Waals surface area contributed by atoms with Gasteiger partial charge in [-0.1, -0.05) is 30.3 Å². The third-order valence-corrected chi connectivity index (χ3v) is 6.15. The zero-order valence-corrected chi connectivity index (χ0v) is 15.3. The van der Waals surface area contributed by atoms with Gasteiger partial charge in [-0.15, -0.1) is 12.4 Å². The maximum Gasteiger partial charge on any atom is 0.243 e. The van der Waals surface area contributed by atoms with Crippen LogP contribution in [0.5, 0.6) is 5.75 Å². The summed E-state index contributed by atoms with van der Waals surface area (Å²) in [5, 5.41) is 0. The summed E-state index contributed by atoms with van der Waals surface area (Å²) >= 11 is 0. The van der Waals surface area contributed by atoms with Crippen molar-refractivity contribution in [3.8, 4) is 5.75 Å². The smallest absolute Gasteiger partial charge is 0.243 e. The lowest BCUT2D eigenvalue weighted by molar-refractivity contribution is 0.384. The lowest BCUT2D eigenvalue weighted by atomic mass is 9.95. The lowest BCUT2D eigenvalue weighted by Crippen LogP contribution is -2.32. The number of hydrogen-bond donors (Lipinski definition) is 1. The van der Waals surface area contributed by atoms with Gasteiger partial charge in [0.05, 0.1) is 12.0 Å². The van der Waals surface area contributed by atoms with Gasteiger partial charge in [-0.05, 0) is 17.7 Å². The highest BCUT2D eigenvalue weighted by Crippen LogP contribution is 2.31. The topological polar surface area (TPSA) is 72.6 Å². The second-order valence-electron chi connectivity index (χ2n) is 5.80. The number of rotatable bonds is 4. The van der Waals surface area contributed by atoms with E-state index in [1.165, 1.54) is 23.5 Å². The minimum atomic E-state index is -3.76. The van der Waals surface area contributed by atoms with E-state index in [1.807, 2.05) is 30.3 Å². The summed E-state index contributed by atoms with van der Waals surface area (Å²) in [6, 6.07) is 12.9. The molecular weight excluding hydrogens is 367 g/mol. The van der Waals surface area contributed by atoms with Crippen LogP contribution in [-0.4, -0.2) is 39.0 Å². The van der Waals surface area contributed by atoms with E-state index in [2.05, 4.69) is 0 Å². The molecule has 1 aliphatic rings. The molecule has 3 rings (SSSR count). The highest BCUT2D eigenvalue weighted by molar-refractivity contribution is 7.89. The number of hydrogen-bond acceptors (Lipinski definition) is 4. The summed E-state index contributed by atoms with van der Waals surface area (Å²) in [6.45, 7) is 0.523. The third-order valence-electron chi connectivity index (χ3n) is 4.32. The quantitative estimate of drug-likeness (QED) is 0.875. The molecule has 1 heterocycles. The Bertz CT molecular complexity index is 833. The van der Waals surface area contributed by atoms with Gasteiger partial charge < -0.3 is 10.5 Å². The summed E-state index contributed by atoms with van der Waals surface area (Å²) in [4.78, 5) is 0.00154. The van der Waals surface area contributed by atoms with Crippen LogP contribution in [0, 0.1) is 5.82 Å². The number of benzene rings is 2. The van der Waals surface area contributed by atoms with Crippen LogP contribution in [0.2, 0.25) is 0 Å². The Morgan fingerprint density at radius 3 is 2.48 bits per heavy atom. The number of halogens is 2. The number of sulfonamides is 1. The Balaban J connectivity index is 0.00000225. The largest absolute Gasteiger partial charge is 0.494 e. The monoisotopic (exact) mass is 386 g/mol. The second-order valence-corrected chi connectivity index (χ2v) is 7.74. The van der Waals surface area contributed by atoms with Gasteiger partial charge in [0.15, 0.2) is 11.6 Å². The number of ether oxygens (including phenoxy) is 1. The first kappa shape index (κ1) is 19.7. The standard InChI is InChI=1S/C17H19FN2O3S.ClH/c1-23-17-9-13(7-8-15(17)18)24(21,22)20-10-14(16(19)11-20)12-5-3-2-4-6-12;/h2-9,14,16H,10-11,19H2,1H3;1H/t14-,16+;/m0./s1. The minimum Gasteiger partial charge on any atom is -0.494 e. The molecule has 0 saturated carbocycles. The fourth-order valence-electron chi connectivity index (χ4n) is 2.99. The predicted molar refractivity (Wildman–Crippen MR) is 96.1 cm³/mol. The van der Waals surface area contributed by atoms with E-state index in [9.17, 15) is 12.8 Å². The minimum absolute atomic E-state index is 0. The van der Waals surface area contributed by atoms with Gasteiger partial charge >= 0.3 is 0 Å². The molecule has 0 spiro atoms. The average Bonchev–Trinajstić information content (AvgIpc) is 2.98. The Morgan fingerprint density at radius 1 is 1.16 bits per heavy atom. The Labute approximate surface area is 153 Å². The van der Waals surface area contributed by atoms with Crippen LogP contribution in [0.25, 0.3) is 0 Å². The molecule has 136 valence electrons. The van der Waals surface area contributed by atoms with E-state index in [0.717, 1.165) is 11.6 Å². The molecule has 2 atom stereocenters. The van der Waals surface area contributed by atoms with Crippen LogP contribution in [0.4, 0.5) is 4.39 Å². The van der Waals surface area contributed by atoms with Crippen molar-refractivity contribution in [2.24, 2.45) is 5.73 Å². The summed E-state index contributed by atoms with van der Waals surface area (Å²) in [7, 11) is -2.46. The zero-order valence-electron chi connectivity index (χ0n) is 13.6. The first-order valence-electron chi connectivity index (χ1n) is 7.57. The Morgan fingerprint density at radius 2 is 1.84 bits per heavy atom. The molecule has 1 saturated heterocycles. The molecule has 5 nitrogen and oxygen atoms in total. The fraction of sp³-hybridized carbons (Fsp3) is 0.294. The molecule has 0 amide bonds. The number of nitrogens with zero attached hydrogens (tertiary/aromatic N) is 1. The Kier molecular flexibility index (Phi) is 6.05. The summed E-state index contributed by atoms with van der Waals surface area (Å²) in [5.41, 5.74) is 7.18. The first-order valence-corrected chi connectivity index (χ1v) is 9.01. The van der Waals surface area contributed by atoms with E-state index in [4.69, 9.17) is 10.5 Å². The molecule has 0 aliphatic carbocycles. The van der Waals surface area contributed by atoms with Gasteiger partial charge in [-0.25, -0.2) is 12.8 Å². The van der Waals surface area contributed by atoms with E-state index in [0.29, 0.717) is 6.54 Å². The van der Waals surface area contributed by atoms with Crippen molar-refractivity contribution in [3.63, 3.8) is 0 Å². The van der Waals surface area contributed by atoms with Gasteiger partial charge in [0.25, 0.3) is 0 Å². The zero-order chi connectivity index (χ0) is 17.3. The molecule has 0 radical (unpaired) electrons. The number of methoxy groups -OCH3 is 1. The fourth-order valence-corrected chi connectivity index (χ4v) is 4.51. The van der Waals surface area contributed by atoms with Crippen LogP contribution >= 0.6 is 12.4 Å². The van der Waals surface area contributed by atoms with Gasteiger partial charge in [-0.2, -0.15) is 4.31 Å². The normalized spacial score (nSPS) is 20.9. The molecule has 2 aromatic rings. The van der Waals surface area contributed by atoms with Gasteiger partial charge in [0.2, 0.25) is 10.0 Å². The van der Waals surface area contributed by atoms with Crippen molar-refractivity contribution < 1.29 is 17.5 Å². The summed E-state index contributed by atoms with van der Waals surface area (Å²) in [5.74, 6) is -0.765. The molecule has 0 bridgehead atoms. The molecule has 1 aliphatic heterocycles. The lowest BCUT2D eigenvalue weighted by Gasteiger charge is -2.17. The van der Waals surface area contributed by atoms with Gasteiger partial charge in [0, 0.05) is 31.1 Å². The average molecular weight is 387 g/mol. The highest BCUT2D eigenvalue weighted by Gasteiger charge is 2.38. The molecule has 0 aromatic heterocycles. The molecule has 2 N–H and O–H groups in total. The summed E-state index contributed by atoms with van der Waals surface area (Å²) < 4.78 is 45.4. The van der Waals surface area contributed by atoms with Crippen molar-refractivity contribution >= 4 is 22.4 Å². The SMILES string of the molecule is COc1cc(S(=O)(=O)N2C[C@@H](N)[C@H](c3ccccc3)C2)ccc1F.Cl.